The molecule has 1 aliphatic heterocycles. The summed E-state index contributed by atoms with van der Waals surface area (Å²) in [4.78, 5) is 24.3. The van der Waals surface area contributed by atoms with Gasteiger partial charge >= 0.3 is 5.97 Å². The first kappa shape index (κ1) is 21.0. The summed E-state index contributed by atoms with van der Waals surface area (Å²) >= 11 is 0. The zero-order valence-electron chi connectivity index (χ0n) is 16.6. The van der Waals surface area contributed by atoms with E-state index >= 15 is 0 Å². The third-order valence-corrected chi connectivity index (χ3v) is 7.10. The van der Waals surface area contributed by atoms with Crippen molar-refractivity contribution >= 4 is 21.9 Å². The Bertz CT molecular complexity index is 1060. The van der Waals surface area contributed by atoms with Crippen molar-refractivity contribution in [3.63, 3.8) is 0 Å². The standard InChI is InChI=1S/C21H24N2O5S/c1-13-8-9-14(2)19(10-13)29(26,27)23-12-17-7-5-4-6-16(17)11-18(23)21(25)28-15(3)20(22)24/h4-10,15,18H,11-12H2,1-3H3,(H2,22,24)/t15-,18+/m1/s1. The van der Waals surface area contributed by atoms with Crippen molar-refractivity contribution in [1.82, 2.24) is 4.31 Å². The summed E-state index contributed by atoms with van der Waals surface area (Å²) in [5.74, 6) is -1.59. The van der Waals surface area contributed by atoms with Gasteiger partial charge < -0.3 is 10.5 Å². The Kier molecular flexibility index (Phi) is 5.77. The molecule has 2 aromatic rings. The fourth-order valence-corrected chi connectivity index (χ4v) is 5.24. The molecule has 7 nitrogen and oxygen atoms in total. The normalized spacial score (nSPS) is 18.0. The molecule has 0 unspecified atom stereocenters. The van der Waals surface area contributed by atoms with Gasteiger partial charge in [0.05, 0.1) is 4.90 Å². The van der Waals surface area contributed by atoms with Crippen molar-refractivity contribution < 1.29 is 22.7 Å². The average molecular weight is 416 g/mol. The summed E-state index contributed by atoms with van der Waals surface area (Å²) in [5, 5.41) is 0. The predicted molar refractivity (Wildman–Crippen MR) is 107 cm³/mol. The fraction of sp³-hybridized carbons (Fsp3) is 0.333. The van der Waals surface area contributed by atoms with Gasteiger partial charge in [-0.05, 0) is 49.1 Å². The van der Waals surface area contributed by atoms with Crippen LogP contribution in [0.4, 0.5) is 0 Å². The Morgan fingerprint density at radius 1 is 1.14 bits per heavy atom. The number of nitrogens with two attached hydrogens (primary N) is 1. The number of amides is 1. The number of nitrogens with zero attached hydrogens (tertiary/aromatic N) is 1. The minimum absolute atomic E-state index is 0.0383. The van der Waals surface area contributed by atoms with E-state index in [9.17, 15) is 18.0 Å². The van der Waals surface area contributed by atoms with Crippen LogP contribution >= 0.6 is 0 Å². The van der Waals surface area contributed by atoms with Crippen molar-refractivity contribution in [1.29, 1.82) is 0 Å². The second-order valence-corrected chi connectivity index (χ2v) is 9.15. The van der Waals surface area contributed by atoms with Crippen LogP contribution in [-0.2, 0) is 37.3 Å². The number of fused-ring (bicyclic) bond motifs is 1. The number of sulfonamides is 1. The molecular formula is C21H24N2O5S. The number of carbonyl (C=O) groups excluding carboxylic acids is 2. The van der Waals surface area contributed by atoms with E-state index in [1.165, 1.54) is 6.92 Å². The molecule has 8 heteroatoms. The Labute approximate surface area is 170 Å². The maximum atomic E-state index is 13.5. The summed E-state index contributed by atoms with van der Waals surface area (Å²) in [7, 11) is -3.99. The highest BCUT2D eigenvalue weighted by Gasteiger charge is 2.41. The number of benzene rings is 2. The molecule has 0 saturated carbocycles. The van der Waals surface area contributed by atoms with Crippen molar-refractivity contribution in [2.75, 3.05) is 0 Å². The van der Waals surface area contributed by atoms with Gasteiger partial charge in [-0.15, -0.1) is 0 Å². The van der Waals surface area contributed by atoms with Gasteiger partial charge in [-0.2, -0.15) is 4.31 Å². The lowest BCUT2D eigenvalue weighted by molar-refractivity contribution is -0.157. The molecule has 0 aromatic heterocycles. The van der Waals surface area contributed by atoms with Gasteiger partial charge in [-0.25, -0.2) is 8.42 Å². The lowest BCUT2D eigenvalue weighted by Gasteiger charge is -2.35. The Balaban J connectivity index is 2.06. The van der Waals surface area contributed by atoms with Crippen LogP contribution in [0.1, 0.15) is 29.2 Å². The monoisotopic (exact) mass is 416 g/mol. The molecule has 29 heavy (non-hydrogen) atoms. The first-order valence-electron chi connectivity index (χ1n) is 9.27. The SMILES string of the molecule is Cc1ccc(C)c(S(=O)(=O)N2Cc3ccccc3C[C@H]2C(=O)O[C@H](C)C(N)=O)c1. The number of carbonyl (C=O) groups is 2. The van der Waals surface area contributed by atoms with E-state index < -0.39 is 34.0 Å². The number of ether oxygens (including phenoxy) is 1. The first-order valence-corrected chi connectivity index (χ1v) is 10.7. The van der Waals surface area contributed by atoms with Crippen LogP contribution in [0.2, 0.25) is 0 Å². The zero-order chi connectivity index (χ0) is 21.3. The number of hydrogen-bond donors (Lipinski definition) is 1. The highest BCUT2D eigenvalue weighted by molar-refractivity contribution is 7.89. The molecule has 0 spiro atoms. The van der Waals surface area contributed by atoms with Gasteiger partial charge in [-0.1, -0.05) is 36.4 Å². The van der Waals surface area contributed by atoms with E-state index in [1.807, 2.05) is 37.3 Å². The van der Waals surface area contributed by atoms with E-state index in [0.717, 1.165) is 21.0 Å². The van der Waals surface area contributed by atoms with Crippen LogP contribution in [-0.4, -0.2) is 36.7 Å². The topological polar surface area (TPSA) is 107 Å². The van der Waals surface area contributed by atoms with E-state index in [0.29, 0.717) is 5.56 Å². The van der Waals surface area contributed by atoms with Gasteiger partial charge in [0.15, 0.2) is 6.10 Å². The smallest absolute Gasteiger partial charge is 0.325 e. The van der Waals surface area contributed by atoms with Gasteiger partial charge in [0.25, 0.3) is 5.91 Å². The molecule has 3 rings (SSSR count). The minimum atomic E-state index is -3.99. The Morgan fingerprint density at radius 2 is 1.79 bits per heavy atom. The number of aryl methyl sites for hydroxylation is 2. The molecule has 1 aliphatic rings. The summed E-state index contributed by atoms with van der Waals surface area (Å²) < 4.78 is 33.4. The summed E-state index contributed by atoms with van der Waals surface area (Å²) in [6.07, 6.45) is -0.991. The van der Waals surface area contributed by atoms with Gasteiger partial charge in [0.2, 0.25) is 10.0 Å². The molecule has 2 N–H and O–H groups in total. The fourth-order valence-electron chi connectivity index (χ4n) is 3.37. The first-order chi connectivity index (χ1) is 13.6. The number of esters is 1. The van der Waals surface area contributed by atoms with Crippen molar-refractivity contribution in [2.45, 2.75) is 50.8 Å². The second kappa shape index (κ2) is 7.96. The van der Waals surface area contributed by atoms with Crippen molar-refractivity contribution in [3.05, 3.63) is 64.7 Å². The number of hydrogen-bond acceptors (Lipinski definition) is 5. The molecule has 0 fully saturated rings. The van der Waals surface area contributed by atoms with E-state index in [2.05, 4.69) is 0 Å². The third-order valence-electron chi connectivity index (χ3n) is 5.10. The van der Waals surface area contributed by atoms with E-state index in [1.54, 1.807) is 19.1 Å². The molecule has 0 aliphatic carbocycles. The minimum Gasteiger partial charge on any atom is -0.451 e. The highest BCUT2D eigenvalue weighted by atomic mass is 32.2. The molecule has 1 heterocycles. The van der Waals surface area contributed by atoms with Crippen LogP contribution in [0.3, 0.4) is 0 Å². The maximum Gasteiger partial charge on any atom is 0.325 e. The van der Waals surface area contributed by atoms with Gasteiger partial charge in [-0.3, -0.25) is 9.59 Å². The summed E-state index contributed by atoms with van der Waals surface area (Å²) in [6.45, 7) is 4.92. The zero-order valence-corrected chi connectivity index (χ0v) is 17.4. The molecule has 2 aromatic carbocycles. The molecule has 0 radical (unpaired) electrons. The van der Waals surface area contributed by atoms with E-state index in [4.69, 9.17) is 10.5 Å². The Morgan fingerprint density at radius 3 is 2.45 bits per heavy atom. The summed E-state index contributed by atoms with van der Waals surface area (Å²) in [6, 6.07) is 11.4. The molecule has 0 saturated heterocycles. The predicted octanol–water partition coefficient (Wildman–Crippen LogP) is 1.84. The van der Waals surface area contributed by atoms with Crippen molar-refractivity contribution in [3.8, 4) is 0 Å². The quantitative estimate of drug-likeness (QED) is 0.749. The molecule has 1 amide bonds. The number of rotatable bonds is 5. The molecule has 0 bridgehead atoms. The second-order valence-electron chi connectivity index (χ2n) is 7.29. The van der Waals surface area contributed by atoms with E-state index in [-0.39, 0.29) is 17.9 Å². The lowest BCUT2D eigenvalue weighted by Crippen LogP contribution is -2.50. The van der Waals surface area contributed by atoms with Crippen LogP contribution in [0, 0.1) is 13.8 Å². The number of primary amides is 1. The lowest BCUT2D eigenvalue weighted by atomic mass is 9.96. The van der Waals surface area contributed by atoms with Crippen molar-refractivity contribution in [2.24, 2.45) is 5.73 Å². The van der Waals surface area contributed by atoms with Gasteiger partial charge in [0.1, 0.15) is 6.04 Å². The molecule has 154 valence electrons. The maximum absolute atomic E-state index is 13.5. The Hall–Kier alpha value is -2.71. The molecule has 2 atom stereocenters. The highest BCUT2D eigenvalue weighted by Crippen LogP contribution is 2.31. The van der Waals surface area contributed by atoms with Gasteiger partial charge in [0, 0.05) is 13.0 Å². The summed E-state index contributed by atoms with van der Waals surface area (Å²) in [5.41, 5.74) is 8.28. The third kappa shape index (κ3) is 4.18. The molecular weight excluding hydrogens is 392 g/mol. The van der Waals surface area contributed by atoms with Crippen LogP contribution in [0.15, 0.2) is 47.4 Å². The van der Waals surface area contributed by atoms with Crippen LogP contribution < -0.4 is 5.73 Å². The largest absolute Gasteiger partial charge is 0.451 e. The van der Waals surface area contributed by atoms with Crippen LogP contribution in [0.25, 0.3) is 0 Å². The average Bonchev–Trinajstić information content (AvgIpc) is 2.68. The van der Waals surface area contributed by atoms with Crippen LogP contribution in [0.5, 0.6) is 0 Å².